The summed E-state index contributed by atoms with van der Waals surface area (Å²) in [5.41, 5.74) is 0.662. The molecule has 0 aliphatic rings. The van der Waals surface area contributed by atoms with Crippen LogP contribution in [0.15, 0.2) is 10.7 Å². The van der Waals surface area contributed by atoms with E-state index in [4.69, 9.17) is 10.2 Å². The molecule has 1 atom stereocenters. The van der Waals surface area contributed by atoms with Crippen molar-refractivity contribution < 1.29 is 15.0 Å². The summed E-state index contributed by atoms with van der Waals surface area (Å²) in [6, 6.07) is 0. The number of hydrogen-bond acceptors (Lipinski definition) is 3. The van der Waals surface area contributed by atoms with Crippen LogP contribution in [0.1, 0.15) is 5.69 Å². The van der Waals surface area contributed by atoms with Crippen LogP contribution >= 0.6 is 15.9 Å². The Labute approximate surface area is 83.1 Å². The number of halogens is 1. The molecule has 1 heterocycles. The highest BCUT2D eigenvalue weighted by molar-refractivity contribution is 9.10. The molecule has 0 saturated heterocycles. The first-order valence-corrected chi connectivity index (χ1v) is 4.39. The van der Waals surface area contributed by atoms with E-state index >= 15 is 0 Å². The maximum atomic E-state index is 10.4. The molecule has 72 valence electrons. The number of carboxylic acid groups (broad SMARTS) is 1. The third kappa shape index (κ3) is 2.28. The van der Waals surface area contributed by atoms with Gasteiger partial charge in [-0.15, -0.1) is 0 Å². The molecule has 5 nitrogen and oxygen atoms in total. The predicted molar refractivity (Wildman–Crippen MR) is 48.3 cm³/mol. The highest BCUT2D eigenvalue weighted by Gasteiger charge is 2.17. The fourth-order valence-electron chi connectivity index (χ4n) is 0.936. The smallest absolute Gasteiger partial charge is 0.332 e. The molecule has 0 spiro atoms. The lowest BCUT2D eigenvalue weighted by atomic mass is 10.2. The second-order valence-corrected chi connectivity index (χ2v) is 3.48. The van der Waals surface area contributed by atoms with Gasteiger partial charge in [-0.1, -0.05) is 0 Å². The normalized spacial score (nSPS) is 12.8. The molecular weight excluding hydrogens is 240 g/mol. The molecule has 0 fully saturated rings. The summed E-state index contributed by atoms with van der Waals surface area (Å²) in [6.07, 6.45) is 0.225. The Kier molecular flexibility index (Phi) is 3.05. The molecule has 0 bridgehead atoms. The quantitative estimate of drug-likeness (QED) is 0.800. The fourth-order valence-corrected chi connectivity index (χ4v) is 1.45. The van der Waals surface area contributed by atoms with Crippen LogP contribution in [-0.2, 0) is 18.3 Å². The lowest BCUT2D eigenvalue weighted by Crippen LogP contribution is -2.23. The Morgan fingerprint density at radius 1 is 1.85 bits per heavy atom. The summed E-state index contributed by atoms with van der Waals surface area (Å²) in [4.78, 5) is 10.4. The lowest BCUT2D eigenvalue weighted by molar-refractivity contribution is -0.146. The number of aliphatic hydroxyl groups is 1. The van der Waals surface area contributed by atoms with Crippen molar-refractivity contribution in [2.45, 2.75) is 12.5 Å². The first-order chi connectivity index (χ1) is 6.02. The van der Waals surface area contributed by atoms with E-state index in [0.29, 0.717) is 10.2 Å². The zero-order chi connectivity index (χ0) is 10.0. The molecule has 0 amide bonds. The maximum absolute atomic E-state index is 10.4. The van der Waals surface area contributed by atoms with Gasteiger partial charge in [-0.25, -0.2) is 4.79 Å². The highest BCUT2D eigenvalue weighted by Crippen LogP contribution is 2.16. The van der Waals surface area contributed by atoms with E-state index in [1.54, 1.807) is 13.2 Å². The monoisotopic (exact) mass is 248 g/mol. The molecule has 13 heavy (non-hydrogen) atoms. The van der Waals surface area contributed by atoms with E-state index in [0.717, 1.165) is 0 Å². The number of carbonyl (C=O) groups is 1. The van der Waals surface area contributed by atoms with Crippen molar-refractivity contribution >= 4 is 21.9 Å². The van der Waals surface area contributed by atoms with Gasteiger partial charge in [0.1, 0.15) is 0 Å². The zero-order valence-electron chi connectivity index (χ0n) is 6.94. The minimum Gasteiger partial charge on any atom is -0.479 e. The number of rotatable bonds is 3. The molecular formula is C7H9BrN2O3. The van der Waals surface area contributed by atoms with Gasteiger partial charge in [0.25, 0.3) is 0 Å². The molecule has 0 aliphatic carbocycles. The minimum atomic E-state index is -1.38. The van der Waals surface area contributed by atoms with Gasteiger partial charge in [0.05, 0.1) is 16.4 Å². The molecule has 1 rings (SSSR count). The summed E-state index contributed by atoms with van der Waals surface area (Å²) < 4.78 is 2.23. The Hall–Kier alpha value is -0.880. The van der Waals surface area contributed by atoms with Crippen molar-refractivity contribution in [1.29, 1.82) is 0 Å². The highest BCUT2D eigenvalue weighted by atomic mass is 79.9. The average molecular weight is 249 g/mol. The Balaban J connectivity index is 2.79. The van der Waals surface area contributed by atoms with Crippen LogP contribution in [0.5, 0.6) is 0 Å². The van der Waals surface area contributed by atoms with Crippen LogP contribution in [0.2, 0.25) is 0 Å². The molecule has 1 aromatic heterocycles. The predicted octanol–water partition coefficient (Wildman–Crippen LogP) is 0.171. The van der Waals surface area contributed by atoms with E-state index in [2.05, 4.69) is 21.0 Å². The third-order valence-electron chi connectivity index (χ3n) is 1.68. The number of aromatic nitrogens is 2. The standard InChI is InChI=1S/C7H9BrN2O3/c1-10-5(4(8)3-9-10)2-6(11)7(12)13/h3,6,11H,2H2,1H3,(H,12,13). The number of hydrogen-bond donors (Lipinski definition) is 2. The van der Waals surface area contributed by atoms with Gasteiger partial charge in [0, 0.05) is 13.5 Å². The van der Waals surface area contributed by atoms with Crippen LogP contribution in [-0.4, -0.2) is 32.1 Å². The van der Waals surface area contributed by atoms with Gasteiger partial charge in [-0.2, -0.15) is 5.10 Å². The lowest BCUT2D eigenvalue weighted by Gasteiger charge is -2.05. The van der Waals surface area contributed by atoms with E-state index in [1.165, 1.54) is 4.68 Å². The fraction of sp³-hybridized carbons (Fsp3) is 0.429. The minimum absolute atomic E-state index is 0.0480. The van der Waals surface area contributed by atoms with Crippen molar-refractivity contribution in [3.05, 3.63) is 16.4 Å². The van der Waals surface area contributed by atoms with E-state index in [9.17, 15) is 4.79 Å². The van der Waals surface area contributed by atoms with Gasteiger partial charge < -0.3 is 10.2 Å². The summed E-state index contributed by atoms with van der Waals surface area (Å²) in [7, 11) is 1.69. The van der Waals surface area contributed by atoms with E-state index in [-0.39, 0.29) is 6.42 Å². The Bertz CT molecular complexity index is 304. The van der Waals surface area contributed by atoms with Crippen molar-refractivity contribution in [2.24, 2.45) is 7.05 Å². The average Bonchev–Trinajstić information content (AvgIpc) is 2.35. The molecule has 1 aromatic rings. The first kappa shape index (κ1) is 10.2. The number of carboxylic acids is 1. The van der Waals surface area contributed by atoms with Crippen molar-refractivity contribution in [2.75, 3.05) is 0 Å². The largest absolute Gasteiger partial charge is 0.479 e. The topological polar surface area (TPSA) is 75.3 Å². The van der Waals surface area contributed by atoms with E-state index in [1.807, 2.05) is 0 Å². The molecule has 0 aromatic carbocycles. The van der Waals surface area contributed by atoms with Crippen LogP contribution in [0.4, 0.5) is 0 Å². The van der Waals surface area contributed by atoms with Crippen LogP contribution in [0, 0.1) is 0 Å². The zero-order valence-corrected chi connectivity index (χ0v) is 8.52. The number of nitrogens with zero attached hydrogens (tertiary/aromatic N) is 2. The molecule has 0 saturated carbocycles. The first-order valence-electron chi connectivity index (χ1n) is 3.59. The molecule has 1 unspecified atom stereocenters. The van der Waals surface area contributed by atoms with Crippen LogP contribution in [0.3, 0.4) is 0 Å². The van der Waals surface area contributed by atoms with Gasteiger partial charge in [-0.3, -0.25) is 4.68 Å². The number of aliphatic hydroxyl groups excluding tert-OH is 1. The maximum Gasteiger partial charge on any atom is 0.332 e. The molecule has 0 aliphatic heterocycles. The van der Waals surface area contributed by atoms with Gasteiger partial charge >= 0.3 is 5.97 Å². The molecule has 6 heteroatoms. The second-order valence-electron chi connectivity index (χ2n) is 2.62. The Morgan fingerprint density at radius 2 is 2.46 bits per heavy atom. The van der Waals surface area contributed by atoms with Crippen LogP contribution < -0.4 is 0 Å². The SMILES string of the molecule is Cn1ncc(Br)c1CC(O)C(=O)O. The van der Waals surface area contributed by atoms with Gasteiger partial charge in [0.15, 0.2) is 6.10 Å². The number of aliphatic carboxylic acids is 1. The summed E-state index contributed by atoms with van der Waals surface area (Å²) in [6.45, 7) is 0. The summed E-state index contributed by atoms with van der Waals surface area (Å²) in [5, 5.41) is 21.4. The second kappa shape index (κ2) is 3.89. The van der Waals surface area contributed by atoms with Gasteiger partial charge in [-0.05, 0) is 15.9 Å². The van der Waals surface area contributed by atoms with Gasteiger partial charge in [0.2, 0.25) is 0 Å². The summed E-state index contributed by atoms with van der Waals surface area (Å²) in [5.74, 6) is -1.23. The van der Waals surface area contributed by atoms with Crippen LogP contribution in [0.25, 0.3) is 0 Å². The molecule has 0 radical (unpaired) electrons. The summed E-state index contributed by atoms with van der Waals surface area (Å²) >= 11 is 3.21. The number of aryl methyl sites for hydroxylation is 1. The van der Waals surface area contributed by atoms with Crippen molar-refractivity contribution in [1.82, 2.24) is 9.78 Å². The Morgan fingerprint density at radius 3 is 2.85 bits per heavy atom. The van der Waals surface area contributed by atoms with Crippen molar-refractivity contribution in [3.63, 3.8) is 0 Å². The third-order valence-corrected chi connectivity index (χ3v) is 2.34. The van der Waals surface area contributed by atoms with Crippen molar-refractivity contribution in [3.8, 4) is 0 Å². The van der Waals surface area contributed by atoms with E-state index < -0.39 is 12.1 Å². The molecule has 2 N–H and O–H groups in total.